The number of carbonyl (C=O) groups excluding carboxylic acids is 1. The van der Waals surface area contributed by atoms with Crippen molar-refractivity contribution in [3.05, 3.63) is 48.0 Å². The largest absolute Gasteiger partial charge is 0.481 e. The maximum Gasteiger partial charge on any atom is 0.307 e. The monoisotopic (exact) mass is 302 g/mol. The Labute approximate surface area is 128 Å². The van der Waals surface area contributed by atoms with Crippen molar-refractivity contribution in [1.82, 2.24) is 0 Å². The van der Waals surface area contributed by atoms with Crippen molar-refractivity contribution in [1.29, 1.82) is 0 Å². The summed E-state index contributed by atoms with van der Waals surface area (Å²) in [7, 11) is 0. The van der Waals surface area contributed by atoms with Gasteiger partial charge in [-0.25, -0.2) is 0 Å². The summed E-state index contributed by atoms with van der Waals surface area (Å²) in [6.07, 6.45) is 0. The maximum atomic E-state index is 11.5. The number of aliphatic carboxylic acids is 1. The van der Waals surface area contributed by atoms with E-state index >= 15 is 0 Å². The first-order chi connectivity index (χ1) is 10.0. The van der Waals surface area contributed by atoms with E-state index in [-0.39, 0.29) is 11.0 Å². The van der Waals surface area contributed by atoms with Crippen molar-refractivity contribution in [2.24, 2.45) is 5.92 Å². The number of rotatable bonds is 5. The lowest BCUT2D eigenvalue weighted by molar-refractivity contribution is -0.141. The topological polar surface area (TPSA) is 54.4 Å². The van der Waals surface area contributed by atoms with Gasteiger partial charge in [-0.3, -0.25) is 9.59 Å². The van der Waals surface area contributed by atoms with Crippen LogP contribution in [0.4, 0.5) is 0 Å². The van der Waals surface area contributed by atoms with Gasteiger partial charge in [0.15, 0.2) is 5.12 Å². The van der Waals surface area contributed by atoms with E-state index in [2.05, 4.69) is 0 Å². The Kier molecular flexibility index (Phi) is 5.02. The molecule has 0 bridgehead atoms. The fourth-order valence-electron chi connectivity index (χ4n) is 2.50. The van der Waals surface area contributed by atoms with Crippen LogP contribution in [0.25, 0.3) is 10.8 Å². The predicted molar refractivity (Wildman–Crippen MR) is 86.6 cm³/mol. The molecule has 0 spiro atoms. The number of fused-ring (bicyclic) bond motifs is 1. The Morgan fingerprint density at radius 3 is 2.48 bits per heavy atom. The van der Waals surface area contributed by atoms with Crippen molar-refractivity contribution >= 4 is 33.6 Å². The van der Waals surface area contributed by atoms with Gasteiger partial charge in [0.05, 0.1) is 5.92 Å². The SMILES string of the molecule is CC(=O)SC[C@H](C(=O)O)[C@H](C)c1cccc2ccccc12. The molecule has 0 saturated heterocycles. The van der Waals surface area contributed by atoms with E-state index in [0.29, 0.717) is 5.75 Å². The molecule has 0 radical (unpaired) electrons. The second kappa shape index (κ2) is 6.76. The third kappa shape index (κ3) is 3.64. The van der Waals surface area contributed by atoms with Gasteiger partial charge in [-0.1, -0.05) is 61.2 Å². The minimum atomic E-state index is -0.857. The molecule has 0 aromatic heterocycles. The van der Waals surface area contributed by atoms with Gasteiger partial charge in [0.25, 0.3) is 0 Å². The summed E-state index contributed by atoms with van der Waals surface area (Å²) < 4.78 is 0. The molecule has 2 aromatic rings. The van der Waals surface area contributed by atoms with Crippen LogP contribution in [0.5, 0.6) is 0 Å². The molecule has 0 unspecified atom stereocenters. The van der Waals surface area contributed by atoms with E-state index in [1.54, 1.807) is 0 Å². The van der Waals surface area contributed by atoms with Gasteiger partial charge in [0.2, 0.25) is 0 Å². The van der Waals surface area contributed by atoms with Crippen LogP contribution in [0, 0.1) is 5.92 Å². The molecule has 2 rings (SSSR count). The van der Waals surface area contributed by atoms with Crippen LogP contribution < -0.4 is 0 Å². The lowest BCUT2D eigenvalue weighted by Gasteiger charge is -2.21. The zero-order chi connectivity index (χ0) is 15.4. The lowest BCUT2D eigenvalue weighted by atomic mass is 9.86. The highest BCUT2D eigenvalue weighted by molar-refractivity contribution is 8.13. The molecule has 2 atom stereocenters. The lowest BCUT2D eigenvalue weighted by Crippen LogP contribution is -2.23. The van der Waals surface area contributed by atoms with Crippen LogP contribution in [-0.2, 0) is 9.59 Å². The van der Waals surface area contributed by atoms with Crippen molar-refractivity contribution in [3.8, 4) is 0 Å². The van der Waals surface area contributed by atoms with Crippen molar-refractivity contribution in [2.45, 2.75) is 19.8 Å². The summed E-state index contributed by atoms with van der Waals surface area (Å²) in [6, 6.07) is 13.9. The molecule has 0 aliphatic heterocycles. The molecule has 1 N–H and O–H groups in total. The summed E-state index contributed by atoms with van der Waals surface area (Å²) in [5.74, 6) is -1.29. The van der Waals surface area contributed by atoms with Gasteiger partial charge in [-0.2, -0.15) is 0 Å². The van der Waals surface area contributed by atoms with Crippen LogP contribution in [0.1, 0.15) is 25.3 Å². The average molecular weight is 302 g/mol. The normalized spacial score (nSPS) is 13.8. The third-order valence-corrected chi connectivity index (χ3v) is 4.63. The highest BCUT2D eigenvalue weighted by Crippen LogP contribution is 2.32. The minimum Gasteiger partial charge on any atom is -0.481 e. The number of carbonyl (C=O) groups is 2. The van der Waals surface area contributed by atoms with Crippen LogP contribution in [0.15, 0.2) is 42.5 Å². The van der Waals surface area contributed by atoms with E-state index in [0.717, 1.165) is 28.1 Å². The van der Waals surface area contributed by atoms with Crippen molar-refractivity contribution in [3.63, 3.8) is 0 Å². The van der Waals surface area contributed by atoms with Gasteiger partial charge in [-0.05, 0) is 22.3 Å². The molecule has 0 fully saturated rings. The Bertz CT molecular complexity index is 661. The first-order valence-electron chi connectivity index (χ1n) is 6.84. The zero-order valence-electron chi connectivity index (χ0n) is 12.1. The Morgan fingerprint density at radius 1 is 1.14 bits per heavy atom. The minimum absolute atomic E-state index is 0.0497. The zero-order valence-corrected chi connectivity index (χ0v) is 12.9. The Morgan fingerprint density at radius 2 is 1.81 bits per heavy atom. The molecule has 0 heterocycles. The van der Waals surface area contributed by atoms with Crippen molar-refractivity contribution < 1.29 is 14.7 Å². The number of carboxylic acids is 1. The smallest absolute Gasteiger partial charge is 0.307 e. The summed E-state index contributed by atoms with van der Waals surface area (Å²) in [6.45, 7) is 3.38. The van der Waals surface area contributed by atoms with Crippen LogP contribution in [-0.4, -0.2) is 21.9 Å². The summed E-state index contributed by atoms with van der Waals surface area (Å²) in [5.41, 5.74) is 1.02. The van der Waals surface area contributed by atoms with Gasteiger partial charge >= 0.3 is 5.97 Å². The predicted octanol–water partition coefficient (Wildman–Crippen LogP) is 3.92. The number of hydrogen-bond donors (Lipinski definition) is 1. The summed E-state index contributed by atoms with van der Waals surface area (Å²) in [5, 5.41) is 11.6. The van der Waals surface area contributed by atoms with Gasteiger partial charge in [0.1, 0.15) is 0 Å². The second-order valence-corrected chi connectivity index (χ2v) is 6.30. The van der Waals surface area contributed by atoms with E-state index in [9.17, 15) is 14.7 Å². The second-order valence-electron chi connectivity index (χ2n) is 5.10. The van der Waals surface area contributed by atoms with E-state index in [1.807, 2.05) is 49.4 Å². The number of carboxylic acid groups (broad SMARTS) is 1. The summed E-state index contributed by atoms with van der Waals surface area (Å²) in [4.78, 5) is 22.7. The van der Waals surface area contributed by atoms with Crippen LogP contribution >= 0.6 is 11.8 Å². The molecule has 4 heteroatoms. The van der Waals surface area contributed by atoms with Gasteiger partial charge in [0, 0.05) is 12.7 Å². The maximum absolute atomic E-state index is 11.5. The highest BCUT2D eigenvalue weighted by Gasteiger charge is 2.27. The van der Waals surface area contributed by atoms with E-state index in [1.165, 1.54) is 6.92 Å². The molecule has 21 heavy (non-hydrogen) atoms. The molecule has 0 saturated carbocycles. The highest BCUT2D eigenvalue weighted by atomic mass is 32.2. The first-order valence-corrected chi connectivity index (χ1v) is 7.83. The molecular formula is C17H18O3S. The quantitative estimate of drug-likeness (QED) is 0.909. The van der Waals surface area contributed by atoms with E-state index < -0.39 is 11.9 Å². The molecule has 0 aliphatic carbocycles. The van der Waals surface area contributed by atoms with E-state index in [4.69, 9.17) is 0 Å². The molecular weight excluding hydrogens is 284 g/mol. The summed E-state index contributed by atoms with van der Waals surface area (Å²) >= 11 is 1.08. The fourth-order valence-corrected chi connectivity index (χ4v) is 3.35. The molecule has 2 aromatic carbocycles. The molecule has 0 aliphatic rings. The molecule has 3 nitrogen and oxygen atoms in total. The van der Waals surface area contributed by atoms with Gasteiger partial charge < -0.3 is 5.11 Å². The Hall–Kier alpha value is -1.81. The number of thioether (sulfide) groups is 1. The van der Waals surface area contributed by atoms with Gasteiger partial charge in [-0.15, -0.1) is 0 Å². The Balaban J connectivity index is 2.36. The standard InChI is InChI=1S/C17H18O3S/c1-11(16(17(19)20)10-21-12(2)18)14-9-5-7-13-6-3-4-8-15(13)14/h3-9,11,16H,10H2,1-2H3,(H,19,20)/t11-,16+/m1/s1. The average Bonchev–Trinajstić information content (AvgIpc) is 2.46. The third-order valence-electron chi connectivity index (χ3n) is 3.70. The number of hydrogen-bond acceptors (Lipinski definition) is 3. The molecule has 110 valence electrons. The number of benzene rings is 2. The fraction of sp³-hybridized carbons (Fsp3) is 0.294. The molecule has 0 amide bonds. The first kappa shape index (κ1) is 15.6. The van der Waals surface area contributed by atoms with Crippen LogP contribution in [0.2, 0.25) is 0 Å². The van der Waals surface area contributed by atoms with Crippen LogP contribution in [0.3, 0.4) is 0 Å². The van der Waals surface area contributed by atoms with Crippen molar-refractivity contribution in [2.75, 3.05) is 5.75 Å².